The van der Waals surface area contributed by atoms with E-state index in [1.54, 1.807) is 30.1 Å². The molecule has 142 valence electrons. The number of nitrogens with zero attached hydrogens (tertiary/aromatic N) is 2. The van der Waals surface area contributed by atoms with E-state index in [4.69, 9.17) is 0 Å². The van der Waals surface area contributed by atoms with Gasteiger partial charge in [0.05, 0.1) is 0 Å². The zero-order valence-electron chi connectivity index (χ0n) is 16.1. The zero-order valence-corrected chi connectivity index (χ0v) is 16.1. The molecule has 1 saturated heterocycles. The van der Waals surface area contributed by atoms with Crippen molar-refractivity contribution in [2.75, 3.05) is 26.7 Å². The van der Waals surface area contributed by atoms with Crippen LogP contribution >= 0.6 is 0 Å². The quantitative estimate of drug-likeness (QED) is 0.883. The van der Waals surface area contributed by atoms with Crippen molar-refractivity contribution in [3.63, 3.8) is 0 Å². The molecule has 3 rings (SSSR count). The molecule has 2 aromatic carbocycles. The molecule has 2 aromatic rings. The third-order valence-electron chi connectivity index (χ3n) is 5.15. The number of benzene rings is 2. The van der Waals surface area contributed by atoms with Crippen LogP contribution in [0.2, 0.25) is 0 Å². The minimum absolute atomic E-state index is 0.0580. The number of rotatable bonds is 5. The van der Waals surface area contributed by atoms with Crippen molar-refractivity contribution in [2.45, 2.75) is 20.3 Å². The molecule has 0 saturated carbocycles. The van der Waals surface area contributed by atoms with Crippen LogP contribution in [0.25, 0.3) is 11.1 Å². The molecule has 1 fully saturated rings. The minimum atomic E-state index is -0.0580. The zero-order chi connectivity index (χ0) is 19.6. The van der Waals surface area contributed by atoms with E-state index in [0.29, 0.717) is 18.5 Å². The van der Waals surface area contributed by atoms with E-state index in [2.05, 4.69) is 0 Å². The van der Waals surface area contributed by atoms with Crippen molar-refractivity contribution in [1.82, 2.24) is 9.80 Å². The lowest BCUT2D eigenvalue weighted by atomic mass is 10.0. The third kappa shape index (κ3) is 4.13. The van der Waals surface area contributed by atoms with Crippen molar-refractivity contribution in [3.8, 4) is 16.9 Å². The second-order valence-electron chi connectivity index (χ2n) is 7.29. The van der Waals surface area contributed by atoms with Crippen LogP contribution in [0.3, 0.4) is 0 Å². The molecule has 5 nitrogen and oxygen atoms in total. The number of aromatic hydroxyl groups is 1. The minimum Gasteiger partial charge on any atom is -0.507 e. The fourth-order valence-electron chi connectivity index (χ4n) is 3.65. The summed E-state index contributed by atoms with van der Waals surface area (Å²) in [6, 6.07) is 12.7. The molecule has 2 amide bonds. The number of amides is 2. The summed E-state index contributed by atoms with van der Waals surface area (Å²) in [4.78, 5) is 28.1. The van der Waals surface area contributed by atoms with Gasteiger partial charge in [0, 0.05) is 50.1 Å². The summed E-state index contributed by atoms with van der Waals surface area (Å²) in [5, 5.41) is 10.1. The molecule has 1 N–H and O–H groups in total. The topological polar surface area (TPSA) is 60.9 Å². The lowest BCUT2D eigenvalue weighted by Crippen LogP contribution is -2.33. The van der Waals surface area contributed by atoms with Gasteiger partial charge in [-0.1, -0.05) is 23.8 Å². The van der Waals surface area contributed by atoms with Gasteiger partial charge in [0.25, 0.3) is 5.91 Å². The molecule has 0 aromatic heterocycles. The maximum Gasteiger partial charge on any atom is 0.253 e. The van der Waals surface area contributed by atoms with Crippen LogP contribution in [0.15, 0.2) is 42.5 Å². The van der Waals surface area contributed by atoms with E-state index < -0.39 is 0 Å². The van der Waals surface area contributed by atoms with Gasteiger partial charge in [-0.25, -0.2) is 0 Å². The van der Waals surface area contributed by atoms with Crippen LogP contribution in [0.4, 0.5) is 0 Å². The van der Waals surface area contributed by atoms with Crippen molar-refractivity contribution >= 4 is 11.8 Å². The first-order valence-electron chi connectivity index (χ1n) is 9.32. The molecule has 1 heterocycles. The highest BCUT2D eigenvalue weighted by Gasteiger charge is 2.30. The predicted molar refractivity (Wildman–Crippen MR) is 106 cm³/mol. The fourth-order valence-corrected chi connectivity index (χ4v) is 3.65. The van der Waals surface area contributed by atoms with E-state index in [1.165, 1.54) is 0 Å². The SMILES string of the molecule is CCN1C[C@@H](CN(C)C(=O)c2ccc(-c3cc(C)ccc3O)cc2)CC1=O. The van der Waals surface area contributed by atoms with Gasteiger partial charge < -0.3 is 14.9 Å². The van der Waals surface area contributed by atoms with Crippen LogP contribution in [-0.4, -0.2) is 53.4 Å². The first-order valence-corrected chi connectivity index (χ1v) is 9.32. The highest BCUT2D eigenvalue weighted by Crippen LogP contribution is 2.30. The molecule has 1 aliphatic heterocycles. The normalized spacial score (nSPS) is 16.6. The Balaban J connectivity index is 1.68. The van der Waals surface area contributed by atoms with Crippen LogP contribution in [0.1, 0.15) is 29.3 Å². The lowest BCUT2D eigenvalue weighted by Gasteiger charge is -2.21. The van der Waals surface area contributed by atoms with Gasteiger partial charge in [0.15, 0.2) is 0 Å². The summed E-state index contributed by atoms with van der Waals surface area (Å²) in [5.41, 5.74) is 3.29. The average molecular weight is 366 g/mol. The van der Waals surface area contributed by atoms with E-state index in [9.17, 15) is 14.7 Å². The number of aryl methyl sites for hydroxylation is 1. The third-order valence-corrected chi connectivity index (χ3v) is 5.15. The number of carbonyl (C=O) groups excluding carboxylic acids is 2. The molecule has 0 spiro atoms. The Kier molecular flexibility index (Phi) is 5.49. The molecule has 0 aliphatic carbocycles. The van der Waals surface area contributed by atoms with Crippen LogP contribution in [-0.2, 0) is 4.79 Å². The van der Waals surface area contributed by atoms with Crippen LogP contribution in [0, 0.1) is 12.8 Å². The standard InChI is InChI=1S/C22H26N2O3/c1-4-24-14-16(12-21(24)26)13-23(3)22(27)18-8-6-17(7-9-18)19-11-15(2)5-10-20(19)25/h5-11,16,25H,4,12-14H2,1-3H3/t16-/m1/s1. The summed E-state index contributed by atoms with van der Waals surface area (Å²) >= 11 is 0. The Morgan fingerprint density at radius 2 is 1.93 bits per heavy atom. The van der Waals surface area contributed by atoms with E-state index in [-0.39, 0.29) is 23.5 Å². The number of hydrogen-bond donors (Lipinski definition) is 1. The molecule has 0 radical (unpaired) electrons. The molecule has 1 atom stereocenters. The van der Waals surface area contributed by atoms with Gasteiger partial charge in [-0.15, -0.1) is 0 Å². The first kappa shape index (κ1) is 19.0. The number of carbonyl (C=O) groups is 2. The highest BCUT2D eigenvalue weighted by atomic mass is 16.3. The Labute approximate surface area is 160 Å². The number of hydrogen-bond acceptors (Lipinski definition) is 3. The number of phenols is 1. The van der Waals surface area contributed by atoms with Gasteiger partial charge in [-0.2, -0.15) is 0 Å². The van der Waals surface area contributed by atoms with Gasteiger partial charge in [-0.05, 0) is 43.7 Å². The first-order chi connectivity index (χ1) is 12.9. The highest BCUT2D eigenvalue weighted by molar-refractivity contribution is 5.94. The molecule has 1 aliphatic rings. The fraction of sp³-hybridized carbons (Fsp3) is 0.364. The average Bonchev–Trinajstić information content (AvgIpc) is 3.02. The predicted octanol–water partition coefficient (Wildman–Crippen LogP) is 3.31. The largest absolute Gasteiger partial charge is 0.507 e. The van der Waals surface area contributed by atoms with Crippen molar-refractivity contribution in [3.05, 3.63) is 53.6 Å². The molecule has 5 heteroatoms. The van der Waals surface area contributed by atoms with Crippen molar-refractivity contribution < 1.29 is 14.7 Å². The summed E-state index contributed by atoms with van der Waals surface area (Å²) in [6.45, 7) is 5.96. The second-order valence-corrected chi connectivity index (χ2v) is 7.29. The Morgan fingerprint density at radius 3 is 2.56 bits per heavy atom. The maximum absolute atomic E-state index is 12.7. The smallest absolute Gasteiger partial charge is 0.253 e. The van der Waals surface area contributed by atoms with Gasteiger partial charge >= 0.3 is 0 Å². The Morgan fingerprint density at radius 1 is 1.22 bits per heavy atom. The Bertz CT molecular complexity index is 845. The van der Waals surface area contributed by atoms with Crippen LogP contribution < -0.4 is 0 Å². The van der Waals surface area contributed by atoms with Crippen molar-refractivity contribution in [2.24, 2.45) is 5.92 Å². The molecular formula is C22H26N2O3. The monoisotopic (exact) mass is 366 g/mol. The molecule has 27 heavy (non-hydrogen) atoms. The molecule has 0 unspecified atom stereocenters. The van der Waals surface area contributed by atoms with Gasteiger partial charge in [0.2, 0.25) is 5.91 Å². The molecule has 0 bridgehead atoms. The summed E-state index contributed by atoms with van der Waals surface area (Å²) in [7, 11) is 1.78. The maximum atomic E-state index is 12.7. The van der Waals surface area contributed by atoms with Gasteiger partial charge in [-0.3, -0.25) is 9.59 Å². The van der Waals surface area contributed by atoms with E-state index in [1.807, 2.05) is 43.0 Å². The van der Waals surface area contributed by atoms with Gasteiger partial charge in [0.1, 0.15) is 5.75 Å². The number of phenolic OH excluding ortho intramolecular Hbond substituents is 1. The lowest BCUT2D eigenvalue weighted by molar-refractivity contribution is -0.127. The summed E-state index contributed by atoms with van der Waals surface area (Å²) in [5.74, 6) is 0.529. The molecular weight excluding hydrogens is 340 g/mol. The number of likely N-dealkylation sites (tertiary alicyclic amines) is 1. The Hall–Kier alpha value is -2.82. The second kappa shape index (κ2) is 7.82. The summed E-state index contributed by atoms with van der Waals surface area (Å²) in [6.07, 6.45) is 0.511. The summed E-state index contributed by atoms with van der Waals surface area (Å²) < 4.78 is 0. The van der Waals surface area contributed by atoms with E-state index in [0.717, 1.165) is 29.8 Å². The van der Waals surface area contributed by atoms with Crippen molar-refractivity contribution in [1.29, 1.82) is 0 Å². The van der Waals surface area contributed by atoms with E-state index >= 15 is 0 Å². The van der Waals surface area contributed by atoms with Crippen LogP contribution in [0.5, 0.6) is 5.75 Å².